The smallest absolute Gasteiger partial charge is 0.224 e. The van der Waals surface area contributed by atoms with E-state index in [2.05, 4.69) is 32.7 Å². The highest BCUT2D eigenvalue weighted by molar-refractivity contribution is 6.31. The molecule has 0 aliphatic heterocycles. The molecule has 0 fully saturated rings. The number of halogens is 1. The number of methoxy groups -OCH3 is 1. The fraction of sp³-hybridized carbons (Fsp3) is 0.238. The van der Waals surface area contributed by atoms with E-state index in [0.29, 0.717) is 12.5 Å². The van der Waals surface area contributed by atoms with Crippen LogP contribution in [0, 0.1) is 6.92 Å². The van der Waals surface area contributed by atoms with Gasteiger partial charge in [0.15, 0.2) is 0 Å². The molecule has 3 aromatic rings. The summed E-state index contributed by atoms with van der Waals surface area (Å²) in [5.41, 5.74) is 3.16. The first-order valence-electron chi connectivity index (χ1n) is 8.84. The summed E-state index contributed by atoms with van der Waals surface area (Å²) >= 11 is 6.21. The van der Waals surface area contributed by atoms with Gasteiger partial charge >= 0.3 is 0 Å². The first-order chi connectivity index (χ1) is 13.1. The third kappa shape index (κ3) is 5.59. The summed E-state index contributed by atoms with van der Waals surface area (Å²) in [6, 6.07) is 17.8. The molecule has 6 heteroatoms. The normalized spacial score (nSPS) is 10.5. The summed E-state index contributed by atoms with van der Waals surface area (Å²) in [6.07, 6.45) is 0.879. The lowest BCUT2D eigenvalue weighted by Gasteiger charge is -2.11. The molecule has 0 amide bonds. The van der Waals surface area contributed by atoms with E-state index in [4.69, 9.17) is 16.3 Å². The highest BCUT2D eigenvalue weighted by Gasteiger charge is 2.04. The average Bonchev–Trinajstić information content (AvgIpc) is 2.67. The third-order valence-corrected chi connectivity index (χ3v) is 4.50. The number of anilines is 2. The van der Waals surface area contributed by atoms with Gasteiger partial charge in [0.2, 0.25) is 5.95 Å². The molecule has 0 saturated heterocycles. The largest absolute Gasteiger partial charge is 0.497 e. The molecule has 2 N–H and O–H groups in total. The second-order valence-corrected chi connectivity index (χ2v) is 6.60. The van der Waals surface area contributed by atoms with Crippen molar-refractivity contribution in [3.63, 3.8) is 0 Å². The number of aryl methyl sites for hydroxylation is 1. The first kappa shape index (κ1) is 19.0. The number of ether oxygens (including phenoxy) is 1. The molecule has 27 heavy (non-hydrogen) atoms. The SMILES string of the molecule is COc1ccc(CCNc2nc(C)cc(NCc3ccccc3Cl)n2)cc1. The van der Waals surface area contributed by atoms with E-state index >= 15 is 0 Å². The van der Waals surface area contributed by atoms with Crippen LogP contribution in [0.25, 0.3) is 0 Å². The maximum atomic E-state index is 6.21. The van der Waals surface area contributed by atoms with E-state index < -0.39 is 0 Å². The lowest BCUT2D eigenvalue weighted by molar-refractivity contribution is 0.414. The van der Waals surface area contributed by atoms with E-state index in [9.17, 15) is 0 Å². The summed E-state index contributed by atoms with van der Waals surface area (Å²) in [5.74, 6) is 2.25. The maximum Gasteiger partial charge on any atom is 0.224 e. The van der Waals surface area contributed by atoms with Crippen LogP contribution in [0.2, 0.25) is 5.02 Å². The van der Waals surface area contributed by atoms with E-state index in [1.807, 2.05) is 49.4 Å². The summed E-state index contributed by atoms with van der Waals surface area (Å²) in [6.45, 7) is 3.32. The molecule has 3 rings (SSSR count). The van der Waals surface area contributed by atoms with Crippen LogP contribution >= 0.6 is 11.6 Å². The number of aromatic nitrogens is 2. The van der Waals surface area contributed by atoms with E-state index in [-0.39, 0.29) is 0 Å². The quantitative estimate of drug-likeness (QED) is 0.590. The van der Waals surface area contributed by atoms with Crippen LogP contribution in [0.3, 0.4) is 0 Å². The minimum atomic E-state index is 0.613. The summed E-state index contributed by atoms with van der Waals surface area (Å²) in [4.78, 5) is 9.00. The number of nitrogens with zero attached hydrogens (tertiary/aromatic N) is 2. The Morgan fingerprint density at radius 1 is 1.00 bits per heavy atom. The van der Waals surface area contributed by atoms with Gasteiger partial charge in [-0.25, -0.2) is 4.98 Å². The zero-order chi connectivity index (χ0) is 19.1. The van der Waals surface area contributed by atoms with Crippen molar-refractivity contribution in [1.29, 1.82) is 0 Å². The Morgan fingerprint density at radius 3 is 2.52 bits per heavy atom. The molecule has 1 heterocycles. The van der Waals surface area contributed by atoms with Gasteiger partial charge in [0.25, 0.3) is 0 Å². The van der Waals surface area contributed by atoms with Crippen molar-refractivity contribution in [2.24, 2.45) is 0 Å². The van der Waals surface area contributed by atoms with E-state index in [1.54, 1.807) is 7.11 Å². The van der Waals surface area contributed by atoms with Gasteiger partial charge in [0, 0.05) is 29.9 Å². The van der Waals surface area contributed by atoms with Gasteiger partial charge in [0.05, 0.1) is 7.11 Å². The van der Waals surface area contributed by atoms with Crippen LogP contribution < -0.4 is 15.4 Å². The molecule has 0 unspecified atom stereocenters. The molecule has 2 aromatic carbocycles. The molecule has 0 radical (unpaired) electrons. The minimum absolute atomic E-state index is 0.613. The Hall–Kier alpha value is -2.79. The first-order valence-corrected chi connectivity index (χ1v) is 9.21. The maximum absolute atomic E-state index is 6.21. The van der Waals surface area contributed by atoms with Gasteiger partial charge in [-0.15, -0.1) is 0 Å². The fourth-order valence-corrected chi connectivity index (χ4v) is 2.88. The van der Waals surface area contributed by atoms with Crippen molar-refractivity contribution in [3.8, 4) is 5.75 Å². The minimum Gasteiger partial charge on any atom is -0.497 e. The third-order valence-electron chi connectivity index (χ3n) is 4.13. The Balaban J connectivity index is 1.57. The number of hydrogen-bond donors (Lipinski definition) is 2. The lowest BCUT2D eigenvalue weighted by Crippen LogP contribution is -2.10. The van der Waals surface area contributed by atoms with Crippen molar-refractivity contribution in [1.82, 2.24) is 9.97 Å². The molecule has 0 saturated carbocycles. The van der Waals surface area contributed by atoms with Gasteiger partial charge in [-0.2, -0.15) is 4.98 Å². The standard InChI is InChI=1S/C21H23ClN4O/c1-15-13-20(24-14-17-5-3-4-6-19(17)22)26-21(25-15)23-12-11-16-7-9-18(27-2)10-8-16/h3-10,13H,11-12,14H2,1-2H3,(H2,23,24,25,26). The molecule has 0 spiro atoms. The number of benzene rings is 2. The van der Waals surface area contributed by atoms with Crippen molar-refractivity contribution < 1.29 is 4.74 Å². The van der Waals surface area contributed by atoms with Gasteiger partial charge in [0.1, 0.15) is 11.6 Å². The summed E-state index contributed by atoms with van der Waals surface area (Å²) < 4.78 is 5.18. The van der Waals surface area contributed by atoms with Crippen molar-refractivity contribution in [2.45, 2.75) is 19.9 Å². The zero-order valence-electron chi connectivity index (χ0n) is 15.5. The average molecular weight is 383 g/mol. The predicted molar refractivity (Wildman–Crippen MR) is 111 cm³/mol. The molecular weight excluding hydrogens is 360 g/mol. The molecule has 5 nitrogen and oxygen atoms in total. The Kier molecular flexibility index (Phi) is 6.49. The van der Waals surface area contributed by atoms with Crippen molar-refractivity contribution in [2.75, 3.05) is 24.3 Å². The van der Waals surface area contributed by atoms with Gasteiger partial charge < -0.3 is 15.4 Å². The molecule has 0 bridgehead atoms. The molecule has 0 atom stereocenters. The zero-order valence-corrected chi connectivity index (χ0v) is 16.3. The van der Waals surface area contributed by atoms with Crippen LogP contribution in [0.1, 0.15) is 16.8 Å². The monoisotopic (exact) mass is 382 g/mol. The highest BCUT2D eigenvalue weighted by Crippen LogP contribution is 2.17. The van der Waals surface area contributed by atoms with E-state index in [0.717, 1.165) is 40.8 Å². The van der Waals surface area contributed by atoms with Crippen molar-refractivity contribution >= 4 is 23.4 Å². The highest BCUT2D eigenvalue weighted by atomic mass is 35.5. The second kappa shape index (κ2) is 9.24. The predicted octanol–water partition coefficient (Wildman–Crippen LogP) is 4.71. The second-order valence-electron chi connectivity index (χ2n) is 6.19. The summed E-state index contributed by atoms with van der Waals surface area (Å²) in [7, 11) is 1.67. The van der Waals surface area contributed by atoms with Crippen LogP contribution in [0.4, 0.5) is 11.8 Å². The van der Waals surface area contributed by atoms with Crippen LogP contribution in [0.5, 0.6) is 5.75 Å². The Morgan fingerprint density at radius 2 is 1.78 bits per heavy atom. The Bertz CT molecular complexity index is 884. The fourth-order valence-electron chi connectivity index (χ4n) is 2.68. The summed E-state index contributed by atoms with van der Waals surface area (Å²) in [5, 5.41) is 7.35. The topological polar surface area (TPSA) is 59.1 Å². The van der Waals surface area contributed by atoms with Crippen LogP contribution in [-0.2, 0) is 13.0 Å². The van der Waals surface area contributed by atoms with Gasteiger partial charge in [-0.1, -0.05) is 41.9 Å². The van der Waals surface area contributed by atoms with Crippen LogP contribution in [0.15, 0.2) is 54.6 Å². The van der Waals surface area contributed by atoms with Gasteiger partial charge in [-0.05, 0) is 42.7 Å². The Labute approximate surface area is 164 Å². The lowest BCUT2D eigenvalue weighted by atomic mass is 10.1. The molecule has 0 aliphatic carbocycles. The molecule has 1 aromatic heterocycles. The van der Waals surface area contributed by atoms with E-state index in [1.165, 1.54) is 5.56 Å². The van der Waals surface area contributed by atoms with Gasteiger partial charge in [-0.3, -0.25) is 0 Å². The molecule has 140 valence electrons. The van der Waals surface area contributed by atoms with Crippen molar-refractivity contribution in [3.05, 3.63) is 76.4 Å². The molecular formula is C21H23ClN4O. The number of hydrogen-bond acceptors (Lipinski definition) is 5. The van der Waals surface area contributed by atoms with Crippen LogP contribution in [-0.4, -0.2) is 23.6 Å². The number of nitrogens with one attached hydrogen (secondary N) is 2. The molecule has 0 aliphatic rings. The number of rotatable bonds is 8.